The zero-order valence-corrected chi connectivity index (χ0v) is 16.7. The highest BCUT2D eigenvalue weighted by Gasteiger charge is 2.33. The van der Waals surface area contributed by atoms with Crippen LogP contribution >= 0.6 is 0 Å². The Morgan fingerprint density at radius 1 is 1.10 bits per heavy atom. The number of anilines is 1. The van der Waals surface area contributed by atoms with Crippen LogP contribution in [0.3, 0.4) is 0 Å². The van der Waals surface area contributed by atoms with Crippen molar-refractivity contribution in [3.05, 3.63) is 89.1 Å². The number of nitrogens with one attached hydrogen (secondary N) is 1. The van der Waals surface area contributed by atoms with Gasteiger partial charge in [-0.15, -0.1) is 5.10 Å². The van der Waals surface area contributed by atoms with Gasteiger partial charge in [-0.05, 0) is 35.4 Å². The number of aromatic nitrogens is 3. The molecule has 4 aromatic rings. The summed E-state index contributed by atoms with van der Waals surface area (Å²) in [7, 11) is 0. The Morgan fingerprint density at radius 3 is 2.58 bits per heavy atom. The van der Waals surface area contributed by atoms with Crippen LogP contribution in [0.25, 0.3) is 22.2 Å². The molecule has 0 saturated carbocycles. The van der Waals surface area contributed by atoms with Gasteiger partial charge in [0.15, 0.2) is 5.82 Å². The number of carbonyl (C=O) groups excluding carboxylic acids is 1. The van der Waals surface area contributed by atoms with E-state index >= 15 is 0 Å². The number of allylic oxidation sites excluding steroid dienone is 1. The Balaban J connectivity index is 1.70. The summed E-state index contributed by atoms with van der Waals surface area (Å²) in [5.41, 5.74) is 9.01. The van der Waals surface area contributed by atoms with Gasteiger partial charge in [-0.25, -0.2) is 4.68 Å². The molecule has 7 nitrogen and oxygen atoms in total. The third-order valence-corrected chi connectivity index (χ3v) is 5.50. The molecule has 1 aliphatic rings. The molecule has 3 aromatic carbocycles. The second kappa shape index (κ2) is 7.11. The number of rotatable bonds is 3. The van der Waals surface area contributed by atoms with Crippen LogP contribution < -0.4 is 11.1 Å². The summed E-state index contributed by atoms with van der Waals surface area (Å²) in [6, 6.07) is 22.7. The molecule has 0 bridgehead atoms. The van der Waals surface area contributed by atoms with Crippen LogP contribution in [0.2, 0.25) is 0 Å². The molecule has 7 heteroatoms. The molecular formula is C24H18N6O. The summed E-state index contributed by atoms with van der Waals surface area (Å²) in [6.45, 7) is 1.80. The minimum Gasteiger partial charge on any atom is -0.366 e. The van der Waals surface area contributed by atoms with Crippen LogP contribution in [0, 0.1) is 11.3 Å². The van der Waals surface area contributed by atoms with Gasteiger partial charge < -0.3 is 11.1 Å². The molecular weight excluding hydrogens is 388 g/mol. The van der Waals surface area contributed by atoms with Gasteiger partial charge in [-0.2, -0.15) is 10.2 Å². The van der Waals surface area contributed by atoms with Gasteiger partial charge >= 0.3 is 0 Å². The molecule has 0 radical (unpaired) electrons. The molecule has 5 rings (SSSR count). The van der Waals surface area contributed by atoms with Crippen LogP contribution in [0.4, 0.5) is 5.95 Å². The normalized spacial score (nSPS) is 15.3. The van der Waals surface area contributed by atoms with E-state index in [4.69, 9.17) is 21.1 Å². The maximum absolute atomic E-state index is 12.3. The third-order valence-electron chi connectivity index (χ3n) is 5.50. The first-order valence-corrected chi connectivity index (χ1v) is 9.79. The van der Waals surface area contributed by atoms with E-state index in [1.54, 1.807) is 23.7 Å². The summed E-state index contributed by atoms with van der Waals surface area (Å²) in [5.74, 6) is 0.545. The predicted molar refractivity (Wildman–Crippen MR) is 118 cm³/mol. The molecule has 1 atom stereocenters. The van der Waals surface area contributed by atoms with Crippen molar-refractivity contribution in [1.82, 2.24) is 14.8 Å². The van der Waals surface area contributed by atoms with Gasteiger partial charge in [0.05, 0.1) is 17.2 Å². The summed E-state index contributed by atoms with van der Waals surface area (Å²) in [6.07, 6.45) is 0. The number of amides is 1. The van der Waals surface area contributed by atoms with E-state index in [-0.39, 0.29) is 0 Å². The molecule has 1 aliphatic heterocycles. The topological polar surface area (TPSA) is 110 Å². The molecule has 1 amide bonds. The quantitative estimate of drug-likeness (QED) is 0.539. The van der Waals surface area contributed by atoms with Crippen molar-refractivity contribution in [1.29, 1.82) is 5.26 Å². The Hall–Kier alpha value is -4.44. The van der Waals surface area contributed by atoms with Crippen molar-refractivity contribution in [3.8, 4) is 17.5 Å². The number of fused-ring (bicyclic) bond motifs is 2. The first-order chi connectivity index (χ1) is 15.1. The lowest BCUT2D eigenvalue weighted by Crippen LogP contribution is -2.31. The van der Waals surface area contributed by atoms with Crippen molar-refractivity contribution in [2.24, 2.45) is 5.73 Å². The van der Waals surface area contributed by atoms with Crippen molar-refractivity contribution < 1.29 is 4.79 Å². The van der Waals surface area contributed by atoms with Gasteiger partial charge in [0.2, 0.25) is 11.9 Å². The maximum atomic E-state index is 12.3. The number of nitrogens with zero attached hydrogens (tertiary/aromatic N) is 4. The molecule has 1 unspecified atom stereocenters. The van der Waals surface area contributed by atoms with Gasteiger partial charge in [-0.1, -0.05) is 54.6 Å². The van der Waals surface area contributed by atoms with Gasteiger partial charge in [0.1, 0.15) is 6.04 Å². The predicted octanol–water partition coefficient (Wildman–Crippen LogP) is 3.74. The number of nitriles is 1. The highest BCUT2D eigenvalue weighted by Crippen LogP contribution is 2.37. The highest BCUT2D eigenvalue weighted by molar-refractivity contribution is 5.96. The molecule has 2 heterocycles. The van der Waals surface area contributed by atoms with E-state index in [0.29, 0.717) is 28.6 Å². The second-order valence-electron chi connectivity index (χ2n) is 7.39. The fourth-order valence-electron chi connectivity index (χ4n) is 4.05. The average molecular weight is 406 g/mol. The van der Waals surface area contributed by atoms with Crippen LogP contribution in [0.5, 0.6) is 0 Å². The van der Waals surface area contributed by atoms with E-state index in [9.17, 15) is 4.79 Å². The number of nitrogens with two attached hydrogens (primary N) is 1. The summed E-state index contributed by atoms with van der Waals surface area (Å²) < 4.78 is 1.69. The molecule has 150 valence electrons. The monoisotopic (exact) mass is 406 g/mol. The number of hydrogen-bond acceptors (Lipinski definition) is 5. The minimum atomic E-state index is -0.544. The van der Waals surface area contributed by atoms with Crippen LogP contribution in [-0.2, 0) is 4.79 Å². The van der Waals surface area contributed by atoms with E-state index in [1.165, 1.54) is 0 Å². The Labute approximate surface area is 178 Å². The third kappa shape index (κ3) is 3.02. The lowest BCUT2D eigenvalue weighted by atomic mass is 9.95. The number of primary amides is 1. The highest BCUT2D eigenvalue weighted by atomic mass is 16.1. The van der Waals surface area contributed by atoms with Crippen molar-refractivity contribution in [2.75, 3.05) is 5.32 Å². The summed E-state index contributed by atoms with van der Waals surface area (Å²) in [5, 5.41) is 19.2. The van der Waals surface area contributed by atoms with E-state index in [1.807, 2.05) is 54.6 Å². The maximum Gasteiger partial charge on any atom is 0.248 e. The molecule has 0 fully saturated rings. The molecule has 31 heavy (non-hydrogen) atoms. The molecule has 0 spiro atoms. The fourth-order valence-corrected chi connectivity index (χ4v) is 4.05. The Bertz CT molecular complexity index is 1400. The van der Waals surface area contributed by atoms with Crippen LogP contribution in [-0.4, -0.2) is 20.7 Å². The summed E-state index contributed by atoms with van der Waals surface area (Å²) >= 11 is 0. The van der Waals surface area contributed by atoms with Crippen molar-refractivity contribution in [2.45, 2.75) is 13.0 Å². The minimum absolute atomic E-state index is 0.409. The van der Waals surface area contributed by atoms with Gasteiger partial charge in [-0.3, -0.25) is 4.79 Å². The second-order valence-corrected chi connectivity index (χ2v) is 7.39. The number of carbonyl (C=O) groups is 1. The fraction of sp³-hybridized carbons (Fsp3) is 0.0833. The smallest absolute Gasteiger partial charge is 0.248 e. The van der Waals surface area contributed by atoms with Crippen LogP contribution in [0.1, 0.15) is 24.1 Å². The van der Waals surface area contributed by atoms with E-state index < -0.39 is 11.9 Å². The average Bonchev–Trinajstić information content (AvgIpc) is 3.21. The Morgan fingerprint density at radius 2 is 1.84 bits per heavy atom. The number of hydrogen-bond donors (Lipinski definition) is 2. The SMILES string of the molecule is CC1=C(C(N)=O)C(c2ccc(C#N)cc2)n2nc(-c3cccc4ccccc34)nc2N1. The summed E-state index contributed by atoms with van der Waals surface area (Å²) in [4.78, 5) is 17.1. The zero-order valence-electron chi connectivity index (χ0n) is 16.7. The Kier molecular flexibility index (Phi) is 4.26. The van der Waals surface area contributed by atoms with Crippen LogP contribution in [0.15, 0.2) is 78.0 Å². The van der Waals surface area contributed by atoms with Gasteiger partial charge in [0, 0.05) is 11.3 Å². The van der Waals surface area contributed by atoms with Crippen molar-refractivity contribution in [3.63, 3.8) is 0 Å². The first-order valence-electron chi connectivity index (χ1n) is 9.79. The lowest BCUT2D eigenvalue weighted by Gasteiger charge is -2.27. The molecule has 3 N–H and O–H groups in total. The molecule has 0 saturated heterocycles. The number of benzene rings is 3. The lowest BCUT2D eigenvalue weighted by molar-refractivity contribution is -0.115. The van der Waals surface area contributed by atoms with E-state index in [0.717, 1.165) is 21.9 Å². The molecule has 0 aliphatic carbocycles. The first kappa shape index (κ1) is 18.6. The van der Waals surface area contributed by atoms with E-state index in [2.05, 4.69) is 11.4 Å². The molecule has 1 aromatic heterocycles. The van der Waals surface area contributed by atoms with Gasteiger partial charge in [0.25, 0.3) is 0 Å². The standard InChI is InChI=1S/C24H18N6O/c1-14-20(22(26)31)21(17-11-9-15(13-25)10-12-17)30-24(27-14)28-23(29-30)19-8-4-6-16-5-2-3-7-18(16)19/h2-12,21H,1H3,(H2,26,31)(H,27,28,29). The largest absolute Gasteiger partial charge is 0.366 e. The zero-order chi connectivity index (χ0) is 21.5. The van der Waals surface area contributed by atoms with Crippen molar-refractivity contribution >= 4 is 22.6 Å².